The lowest BCUT2D eigenvalue weighted by molar-refractivity contribution is -0.273. The summed E-state index contributed by atoms with van der Waals surface area (Å²) >= 11 is 0. The molecule has 4 rings (SSSR count). The number of rotatable bonds is 0. The molecule has 1 saturated carbocycles. The average Bonchev–Trinajstić information content (AvgIpc) is 2.84. The summed E-state index contributed by atoms with van der Waals surface area (Å²) in [6.07, 6.45) is 2.54. The Morgan fingerprint density at radius 1 is 1.32 bits per heavy atom. The summed E-state index contributed by atoms with van der Waals surface area (Å²) in [6.45, 7) is 10.1. The molecule has 2 heterocycles. The lowest BCUT2D eigenvalue weighted by Gasteiger charge is -2.57. The van der Waals surface area contributed by atoms with Crippen molar-refractivity contribution in [1.82, 2.24) is 0 Å². The van der Waals surface area contributed by atoms with Crippen LogP contribution >= 0.6 is 0 Å². The smallest absolute Gasteiger partial charge is 0.163 e. The zero-order chi connectivity index (χ0) is 16.0. The molecule has 2 saturated heterocycles. The van der Waals surface area contributed by atoms with Gasteiger partial charge in [-0.15, -0.1) is 0 Å². The molecule has 0 aromatic heterocycles. The van der Waals surface area contributed by atoms with Crippen molar-refractivity contribution in [3.8, 4) is 0 Å². The zero-order valence-corrected chi connectivity index (χ0v) is 13.4. The second-order valence-electron chi connectivity index (χ2n) is 7.82. The fraction of sp³-hybridized carbons (Fsp3) is 0.765. The van der Waals surface area contributed by atoms with Crippen LogP contribution in [0.15, 0.2) is 24.0 Å². The van der Waals surface area contributed by atoms with Crippen LogP contribution < -0.4 is 0 Å². The number of aliphatic hydroxyl groups is 2. The van der Waals surface area contributed by atoms with Gasteiger partial charge in [-0.2, -0.15) is 0 Å². The third-order valence-corrected chi connectivity index (χ3v) is 6.25. The first-order valence-corrected chi connectivity index (χ1v) is 7.96. The van der Waals surface area contributed by atoms with Crippen LogP contribution in [0.1, 0.15) is 40.0 Å². The Balaban J connectivity index is 1.85. The predicted molar refractivity (Wildman–Crippen MR) is 78.9 cm³/mol. The second kappa shape index (κ2) is 3.96. The van der Waals surface area contributed by atoms with Crippen molar-refractivity contribution in [3.05, 3.63) is 24.0 Å². The minimum absolute atomic E-state index is 0.145. The van der Waals surface area contributed by atoms with Gasteiger partial charge in [-0.1, -0.05) is 13.5 Å². The van der Waals surface area contributed by atoms with Gasteiger partial charge in [0.25, 0.3) is 0 Å². The van der Waals surface area contributed by atoms with Gasteiger partial charge >= 0.3 is 0 Å². The summed E-state index contributed by atoms with van der Waals surface area (Å²) in [5.41, 5.74) is -1.92. The fourth-order valence-electron chi connectivity index (χ4n) is 4.82. The highest BCUT2D eigenvalue weighted by molar-refractivity contribution is 5.40. The molecular formula is C17H24O5. The van der Waals surface area contributed by atoms with E-state index in [0.29, 0.717) is 17.9 Å². The molecule has 2 bridgehead atoms. The molecule has 2 aliphatic carbocycles. The van der Waals surface area contributed by atoms with Crippen molar-refractivity contribution in [2.75, 3.05) is 6.61 Å². The molecule has 0 amide bonds. The quantitative estimate of drug-likeness (QED) is 0.712. The van der Waals surface area contributed by atoms with E-state index in [2.05, 4.69) is 6.58 Å². The van der Waals surface area contributed by atoms with Gasteiger partial charge in [0.1, 0.15) is 23.1 Å². The van der Waals surface area contributed by atoms with Crippen LogP contribution in [0.25, 0.3) is 0 Å². The van der Waals surface area contributed by atoms with Crippen LogP contribution in [0, 0.1) is 5.41 Å². The van der Waals surface area contributed by atoms with E-state index in [1.165, 1.54) is 0 Å². The molecule has 122 valence electrons. The van der Waals surface area contributed by atoms with Crippen LogP contribution in [-0.4, -0.2) is 46.0 Å². The van der Waals surface area contributed by atoms with Crippen molar-refractivity contribution < 1.29 is 24.4 Å². The molecule has 1 spiro atoms. The highest BCUT2D eigenvalue weighted by atomic mass is 16.8. The van der Waals surface area contributed by atoms with Gasteiger partial charge < -0.3 is 24.4 Å². The van der Waals surface area contributed by atoms with Crippen molar-refractivity contribution in [2.24, 2.45) is 5.41 Å². The van der Waals surface area contributed by atoms with Gasteiger partial charge in [0.05, 0.1) is 12.7 Å². The Hall–Kier alpha value is -0.880. The highest BCUT2D eigenvalue weighted by Crippen LogP contribution is 2.66. The van der Waals surface area contributed by atoms with Gasteiger partial charge in [0.2, 0.25) is 0 Å². The number of hydrogen-bond donors (Lipinski definition) is 2. The Morgan fingerprint density at radius 3 is 2.68 bits per heavy atom. The summed E-state index contributed by atoms with van der Waals surface area (Å²) in [4.78, 5) is 0. The Kier molecular flexibility index (Phi) is 2.64. The first-order valence-electron chi connectivity index (χ1n) is 7.96. The maximum absolute atomic E-state index is 11.5. The van der Waals surface area contributed by atoms with Gasteiger partial charge in [-0.25, -0.2) is 0 Å². The van der Waals surface area contributed by atoms with E-state index in [1.807, 2.05) is 20.8 Å². The highest BCUT2D eigenvalue weighted by Gasteiger charge is 2.76. The van der Waals surface area contributed by atoms with E-state index >= 15 is 0 Å². The van der Waals surface area contributed by atoms with Crippen molar-refractivity contribution >= 4 is 0 Å². The van der Waals surface area contributed by atoms with Gasteiger partial charge in [0, 0.05) is 11.8 Å². The van der Waals surface area contributed by atoms with E-state index in [4.69, 9.17) is 14.2 Å². The molecule has 5 nitrogen and oxygen atoms in total. The molecule has 5 heteroatoms. The SMILES string of the molecule is C=C1C=C2O[C@@H]3CC[C@](C)([C@@]2(O)C[C@@H]1O)[C@]31COC(C)(C)O1. The summed E-state index contributed by atoms with van der Waals surface area (Å²) in [6, 6.07) is 0. The van der Waals surface area contributed by atoms with E-state index in [-0.39, 0.29) is 12.5 Å². The monoisotopic (exact) mass is 308 g/mol. The summed E-state index contributed by atoms with van der Waals surface area (Å²) in [5.74, 6) is -0.173. The standard InChI is InChI=1S/C17H24O5/c1-10-7-13-16(19,8-11(10)18)15(4)6-5-12(21-13)17(15)9-20-14(2,3)22-17/h7,11-12,18-19H,1,5-6,8-9H2,2-4H3/t11-,12+,15+,16+,17-/m0/s1. The van der Waals surface area contributed by atoms with Crippen LogP contribution in [0.2, 0.25) is 0 Å². The molecule has 0 radical (unpaired) electrons. The minimum Gasteiger partial charge on any atom is -0.489 e. The van der Waals surface area contributed by atoms with Crippen molar-refractivity contribution in [1.29, 1.82) is 0 Å². The maximum Gasteiger partial charge on any atom is 0.163 e. The third-order valence-electron chi connectivity index (χ3n) is 6.25. The van der Waals surface area contributed by atoms with Crippen LogP contribution in [-0.2, 0) is 14.2 Å². The maximum atomic E-state index is 11.5. The first kappa shape index (κ1) is 14.7. The number of hydrogen-bond acceptors (Lipinski definition) is 5. The molecule has 4 aliphatic rings. The molecule has 2 aliphatic heterocycles. The number of fused-ring (bicyclic) bond motifs is 2. The Bertz CT molecular complexity index is 582. The minimum atomic E-state index is -1.26. The predicted octanol–water partition coefficient (Wildman–Crippen LogP) is 1.64. The number of aliphatic hydroxyl groups excluding tert-OH is 1. The summed E-state index contributed by atoms with van der Waals surface area (Å²) in [7, 11) is 0. The van der Waals surface area contributed by atoms with Crippen LogP contribution in [0.5, 0.6) is 0 Å². The normalized spacial score (nSPS) is 52.4. The summed E-state index contributed by atoms with van der Waals surface area (Å²) < 4.78 is 18.3. The van der Waals surface area contributed by atoms with Crippen LogP contribution in [0.4, 0.5) is 0 Å². The van der Waals surface area contributed by atoms with Gasteiger partial charge in [0.15, 0.2) is 5.79 Å². The van der Waals surface area contributed by atoms with Crippen molar-refractivity contribution in [3.63, 3.8) is 0 Å². The molecule has 22 heavy (non-hydrogen) atoms. The lowest BCUT2D eigenvalue weighted by Crippen LogP contribution is -2.69. The molecule has 3 fully saturated rings. The fourth-order valence-corrected chi connectivity index (χ4v) is 4.82. The molecule has 5 atom stereocenters. The Morgan fingerprint density at radius 2 is 2.05 bits per heavy atom. The molecular weight excluding hydrogens is 284 g/mol. The van der Waals surface area contributed by atoms with E-state index < -0.39 is 28.5 Å². The molecule has 0 aromatic rings. The van der Waals surface area contributed by atoms with E-state index in [0.717, 1.165) is 12.8 Å². The largest absolute Gasteiger partial charge is 0.489 e. The van der Waals surface area contributed by atoms with Crippen LogP contribution in [0.3, 0.4) is 0 Å². The van der Waals surface area contributed by atoms with Gasteiger partial charge in [-0.05, 0) is 38.3 Å². The lowest BCUT2D eigenvalue weighted by atomic mass is 9.58. The van der Waals surface area contributed by atoms with E-state index in [1.54, 1.807) is 6.08 Å². The topological polar surface area (TPSA) is 68.2 Å². The van der Waals surface area contributed by atoms with E-state index in [9.17, 15) is 10.2 Å². The third kappa shape index (κ3) is 1.48. The first-order chi connectivity index (χ1) is 10.1. The number of ether oxygens (including phenoxy) is 3. The summed E-state index contributed by atoms with van der Waals surface area (Å²) in [5, 5.41) is 21.7. The molecule has 0 aromatic carbocycles. The van der Waals surface area contributed by atoms with Crippen molar-refractivity contribution in [2.45, 2.75) is 69.2 Å². The van der Waals surface area contributed by atoms with Gasteiger partial charge in [-0.3, -0.25) is 0 Å². The molecule has 2 N–H and O–H groups in total. The molecule has 0 unspecified atom stereocenters. The second-order valence-corrected chi connectivity index (χ2v) is 7.82. The Labute approximate surface area is 130 Å². The zero-order valence-electron chi connectivity index (χ0n) is 13.4. The average molecular weight is 308 g/mol.